The molecule has 1 amide bonds. The standard InChI is InChI=1S/C13H26N2O3S/c1-6-9(7-2)15-11(16)8(3)19-13(4,5)10(14)12(17)18/h8-10H,6-7,14H2,1-5H3,(H,15,16)(H,17,18)/t8?,10-/m1/s1. The molecule has 0 aromatic carbocycles. The van der Waals surface area contributed by atoms with Gasteiger partial charge in [-0.2, -0.15) is 0 Å². The molecule has 0 bridgehead atoms. The minimum atomic E-state index is -1.05. The summed E-state index contributed by atoms with van der Waals surface area (Å²) in [5, 5.41) is 11.6. The molecule has 0 fully saturated rings. The number of carbonyl (C=O) groups excluding carboxylic acids is 1. The molecule has 1 unspecified atom stereocenters. The van der Waals surface area contributed by atoms with Crippen LogP contribution in [0.15, 0.2) is 0 Å². The molecule has 2 atom stereocenters. The van der Waals surface area contributed by atoms with E-state index in [4.69, 9.17) is 10.8 Å². The van der Waals surface area contributed by atoms with E-state index >= 15 is 0 Å². The Kier molecular flexibility index (Phi) is 7.44. The summed E-state index contributed by atoms with van der Waals surface area (Å²) in [5.74, 6) is -1.12. The average Bonchev–Trinajstić information content (AvgIpc) is 2.33. The van der Waals surface area contributed by atoms with Crippen LogP contribution in [0.25, 0.3) is 0 Å². The van der Waals surface area contributed by atoms with Gasteiger partial charge in [-0.25, -0.2) is 0 Å². The predicted molar refractivity (Wildman–Crippen MR) is 79.3 cm³/mol. The van der Waals surface area contributed by atoms with E-state index in [2.05, 4.69) is 5.32 Å². The van der Waals surface area contributed by atoms with Crippen molar-refractivity contribution in [2.75, 3.05) is 0 Å². The molecule has 0 aliphatic rings. The lowest BCUT2D eigenvalue weighted by molar-refractivity contribution is -0.139. The van der Waals surface area contributed by atoms with Gasteiger partial charge in [-0.15, -0.1) is 11.8 Å². The van der Waals surface area contributed by atoms with Gasteiger partial charge >= 0.3 is 5.97 Å². The summed E-state index contributed by atoms with van der Waals surface area (Å²) in [6, 6.07) is -0.826. The summed E-state index contributed by atoms with van der Waals surface area (Å²) in [7, 11) is 0. The van der Waals surface area contributed by atoms with Gasteiger partial charge in [0.1, 0.15) is 6.04 Å². The van der Waals surface area contributed by atoms with Crippen LogP contribution in [0, 0.1) is 0 Å². The zero-order valence-electron chi connectivity index (χ0n) is 12.4. The van der Waals surface area contributed by atoms with E-state index in [0.717, 1.165) is 12.8 Å². The number of hydrogen-bond acceptors (Lipinski definition) is 4. The number of nitrogens with one attached hydrogen (secondary N) is 1. The predicted octanol–water partition coefficient (Wildman–Crippen LogP) is 1.60. The Morgan fingerprint density at radius 3 is 2.16 bits per heavy atom. The summed E-state index contributed by atoms with van der Waals surface area (Å²) >= 11 is 1.29. The number of carboxylic acid groups (broad SMARTS) is 1. The van der Waals surface area contributed by atoms with Gasteiger partial charge in [0.05, 0.1) is 5.25 Å². The molecule has 0 aromatic heterocycles. The van der Waals surface area contributed by atoms with Crippen molar-refractivity contribution in [3.63, 3.8) is 0 Å². The van der Waals surface area contributed by atoms with Crippen LogP contribution >= 0.6 is 11.8 Å². The Morgan fingerprint density at radius 2 is 1.79 bits per heavy atom. The van der Waals surface area contributed by atoms with Crippen molar-refractivity contribution in [2.24, 2.45) is 5.73 Å². The monoisotopic (exact) mass is 290 g/mol. The first-order chi connectivity index (χ1) is 8.65. The first kappa shape index (κ1) is 18.2. The van der Waals surface area contributed by atoms with Crippen LogP contribution < -0.4 is 11.1 Å². The molecule has 0 aliphatic carbocycles. The molecule has 0 heterocycles. The molecule has 0 saturated carbocycles. The highest BCUT2D eigenvalue weighted by Crippen LogP contribution is 2.31. The van der Waals surface area contributed by atoms with Crippen molar-refractivity contribution in [2.45, 2.75) is 69.5 Å². The van der Waals surface area contributed by atoms with Gasteiger partial charge in [0, 0.05) is 10.8 Å². The Morgan fingerprint density at radius 1 is 1.32 bits per heavy atom. The Balaban J connectivity index is 4.55. The molecular formula is C13H26N2O3S. The fraction of sp³-hybridized carbons (Fsp3) is 0.846. The summed E-state index contributed by atoms with van der Waals surface area (Å²) in [6.07, 6.45) is 1.77. The Labute approximate surface area is 119 Å². The summed E-state index contributed by atoms with van der Waals surface area (Å²) in [6.45, 7) is 9.32. The van der Waals surface area contributed by atoms with E-state index in [1.807, 2.05) is 13.8 Å². The van der Waals surface area contributed by atoms with Gasteiger partial charge in [0.2, 0.25) is 5.91 Å². The molecule has 6 heteroatoms. The van der Waals surface area contributed by atoms with Gasteiger partial charge in [0.15, 0.2) is 0 Å². The third-order valence-corrected chi connectivity index (χ3v) is 4.63. The zero-order chi connectivity index (χ0) is 15.2. The maximum Gasteiger partial charge on any atom is 0.321 e. The van der Waals surface area contributed by atoms with E-state index in [1.54, 1.807) is 20.8 Å². The third-order valence-electron chi connectivity index (χ3n) is 3.20. The smallest absolute Gasteiger partial charge is 0.321 e. The van der Waals surface area contributed by atoms with Crippen molar-refractivity contribution < 1.29 is 14.7 Å². The first-order valence-corrected chi connectivity index (χ1v) is 7.50. The number of amides is 1. The lowest BCUT2D eigenvalue weighted by Crippen LogP contribution is -2.49. The number of carboxylic acids is 1. The van der Waals surface area contributed by atoms with Crippen molar-refractivity contribution in [3.05, 3.63) is 0 Å². The molecule has 0 aliphatic heterocycles. The fourth-order valence-electron chi connectivity index (χ4n) is 1.69. The van der Waals surface area contributed by atoms with Crippen molar-refractivity contribution >= 4 is 23.6 Å². The number of hydrogen-bond donors (Lipinski definition) is 3. The SMILES string of the molecule is CCC(CC)NC(=O)C(C)SC(C)(C)[C@H](N)C(=O)O. The quantitative estimate of drug-likeness (QED) is 0.631. The van der Waals surface area contributed by atoms with E-state index < -0.39 is 16.8 Å². The van der Waals surface area contributed by atoms with E-state index in [1.165, 1.54) is 11.8 Å². The third kappa shape index (κ3) is 5.82. The Hall–Kier alpha value is -0.750. The highest BCUT2D eigenvalue weighted by atomic mass is 32.2. The molecule has 0 rings (SSSR count). The van der Waals surface area contributed by atoms with Crippen LogP contribution in [0.3, 0.4) is 0 Å². The van der Waals surface area contributed by atoms with Crippen LogP contribution in [0.2, 0.25) is 0 Å². The number of thioether (sulfide) groups is 1. The average molecular weight is 290 g/mol. The van der Waals surface area contributed by atoms with Gasteiger partial charge in [-0.1, -0.05) is 13.8 Å². The molecule has 0 radical (unpaired) electrons. The van der Waals surface area contributed by atoms with Gasteiger partial charge < -0.3 is 16.2 Å². The molecule has 19 heavy (non-hydrogen) atoms. The zero-order valence-corrected chi connectivity index (χ0v) is 13.2. The highest BCUT2D eigenvalue weighted by molar-refractivity contribution is 8.02. The molecule has 0 aromatic rings. The van der Waals surface area contributed by atoms with Gasteiger partial charge in [-0.3, -0.25) is 9.59 Å². The van der Waals surface area contributed by atoms with Gasteiger partial charge in [-0.05, 0) is 33.6 Å². The minimum Gasteiger partial charge on any atom is -0.480 e. The van der Waals surface area contributed by atoms with Crippen LogP contribution in [-0.2, 0) is 9.59 Å². The largest absolute Gasteiger partial charge is 0.480 e. The summed E-state index contributed by atoms with van der Waals surface area (Å²) < 4.78 is -0.698. The first-order valence-electron chi connectivity index (χ1n) is 6.62. The lowest BCUT2D eigenvalue weighted by atomic mass is 10.1. The molecule has 4 N–H and O–H groups in total. The second-order valence-corrected chi connectivity index (χ2v) is 7.20. The van der Waals surface area contributed by atoms with Crippen molar-refractivity contribution in [1.82, 2.24) is 5.32 Å². The van der Waals surface area contributed by atoms with Crippen LogP contribution in [0.5, 0.6) is 0 Å². The van der Waals surface area contributed by atoms with E-state index in [0.29, 0.717) is 0 Å². The fourth-order valence-corrected chi connectivity index (χ4v) is 3.02. The molecular weight excluding hydrogens is 264 g/mol. The second kappa shape index (κ2) is 7.75. The molecule has 5 nitrogen and oxygen atoms in total. The van der Waals surface area contributed by atoms with Crippen LogP contribution in [-0.4, -0.2) is 39.1 Å². The van der Waals surface area contributed by atoms with Crippen molar-refractivity contribution in [1.29, 1.82) is 0 Å². The number of aliphatic carboxylic acids is 1. The topological polar surface area (TPSA) is 92.4 Å². The van der Waals surface area contributed by atoms with E-state index in [-0.39, 0.29) is 17.2 Å². The number of nitrogens with two attached hydrogens (primary N) is 1. The van der Waals surface area contributed by atoms with Crippen LogP contribution in [0.1, 0.15) is 47.5 Å². The maximum absolute atomic E-state index is 12.0. The number of rotatable bonds is 8. The summed E-state index contributed by atoms with van der Waals surface area (Å²) in [5.41, 5.74) is 5.64. The molecule has 0 spiro atoms. The Bertz CT molecular complexity index is 317. The number of carbonyl (C=O) groups is 2. The second-order valence-electron chi connectivity index (χ2n) is 5.20. The van der Waals surface area contributed by atoms with Gasteiger partial charge in [0.25, 0.3) is 0 Å². The summed E-state index contributed by atoms with van der Waals surface area (Å²) in [4.78, 5) is 23.0. The normalized spacial score (nSPS) is 15.1. The minimum absolute atomic E-state index is 0.0654. The highest BCUT2D eigenvalue weighted by Gasteiger charge is 2.35. The lowest BCUT2D eigenvalue weighted by Gasteiger charge is -2.31. The molecule has 0 saturated heterocycles. The van der Waals surface area contributed by atoms with Crippen LogP contribution in [0.4, 0.5) is 0 Å². The maximum atomic E-state index is 12.0. The molecule has 112 valence electrons. The van der Waals surface area contributed by atoms with Crippen molar-refractivity contribution in [3.8, 4) is 0 Å². The van der Waals surface area contributed by atoms with E-state index in [9.17, 15) is 9.59 Å².